The van der Waals surface area contributed by atoms with E-state index in [-0.39, 0.29) is 0 Å². The van der Waals surface area contributed by atoms with Gasteiger partial charge in [-0.05, 0) is 52.7 Å². The maximum atomic E-state index is 14.1. The minimum absolute atomic E-state index is 0.754. The number of rotatable bonds is 0. The van der Waals surface area contributed by atoms with Crippen LogP contribution in [0.4, 0.5) is 70.6 Å². The predicted molar refractivity (Wildman–Crippen MR) is 148 cm³/mol. The molecule has 3 aromatic rings. The number of benzene rings is 3. The summed E-state index contributed by atoms with van der Waals surface area (Å²) in [7, 11) is 9.61. The second kappa shape index (κ2) is 17.2. The molecule has 0 N–H and O–H groups in total. The van der Waals surface area contributed by atoms with E-state index in [4.69, 9.17) is 24.8 Å². The van der Waals surface area contributed by atoms with Gasteiger partial charge in [-0.25, -0.2) is 52.7 Å². The normalized spacial score (nSPS) is 10.7. The number of allylic oxidation sites excluding steroid dienone is 1. The Morgan fingerprint density at radius 2 is 0.667 bits per heavy atom. The minimum Gasteiger partial charge on any atom is -0.204 e. The molecule has 0 spiro atoms. The van der Waals surface area contributed by atoms with Crippen LogP contribution in [0.15, 0.2) is 34.6 Å². The number of fused-ring (bicyclic) bond motifs is 2. The zero-order valence-electron chi connectivity index (χ0n) is 24.4. The molecular weight excluding hydrogens is 684 g/mol. The lowest BCUT2D eigenvalue weighted by Crippen LogP contribution is -2.71. The molecule has 0 bridgehead atoms. The summed E-state index contributed by atoms with van der Waals surface area (Å²) < 4.78 is 198. The highest BCUT2D eigenvalue weighted by atomic mass is 20.0. The lowest BCUT2D eigenvalue weighted by Gasteiger charge is -2.29. The molecule has 3 aromatic carbocycles. The summed E-state index contributed by atoms with van der Waals surface area (Å²) in [6.07, 6.45) is -1.90. The second-order valence-electron chi connectivity index (χ2n) is 9.45. The van der Waals surface area contributed by atoms with Crippen molar-refractivity contribution in [3.8, 4) is 0 Å². The van der Waals surface area contributed by atoms with Crippen LogP contribution in [0.3, 0.4) is 0 Å². The quantitative estimate of drug-likeness (QED) is 0.102. The van der Waals surface area contributed by atoms with Gasteiger partial charge in [-0.3, -0.25) is 0 Å². The first-order valence-corrected chi connectivity index (χ1v) is 12.4. The van der Waals surface area contributed by atoms with E-state index < -0.39 is 122 Å². The third kappa shape index (κ3) is 8.38. The standard InChI is InChI=1S/C14H6B2F8.C8H6F2.C6B2F4.F2/c1-15-3-5(9(19)13(23)11(21)7(3)17)16(2)6-4(15)8(18)12(22)14(24)10(6)20;1-7(2)5-3-4-6-8(9)10;7-1-2(8)4(10)6(12)5(11)3(1)9;1-2/h1-2H3;1-2H3;;. The maximum Gasteiger partial charge on any atom is 0.321 e. The van der Waals surface area contributed by atoms with E-state index in [2.05, 4.69) is 11.5 Å². The molecule has 1 heterocycles. The average molecular weight is 696 g/mol. The Kier molecular flexibility index (Phi) is 14.9. The van der Waals surface area contributed by atoms with E-state index in [1.54, 1.807) is 19.6 Å². The molecule has 0 amide bonds. The first-order chi connectivity index (χ1) is 22.2. The van der Waals surface area contributed by atoms with E-state index >= 15 is 0 Å². The smallest absolute Gasteiger partial charge is 0.204 e. The highest BCUT2D eigenvalue weighted by Crippen LogP contribution is 2.19. The molecule has 4 radical (unpaired) electrons. The zero-order valence-corrected chi connectivity index (χ0v) is 24.4. The summed E-state index contributed by atoms with van der Waals surface area (Å²) >= 11 is 0. The van der Waals surface area contributed by atoms with Crippen molar-refractivity contribution in [1.29, 1.82) is 0 Å². The van der Waals surface area contributed by atoms with E-state index in [9.17, 15) is 61.5 Å². The number of halogens is 16. The summed E-state index contributed by atoms with van der Waals surface area (Å²) in [5.41, 5.74) is 4.35. The molecule has 0 saturated carbocycles. The number of hydrogen-bond acceptors (Lipinski definition) is 0. The van der Waals surface area contributed by atoms with Crippen molar-refractivity contribution in [3.05, 3.63) is 104 Å². The Morgan fingerprint density at radius 1 is 0.438 bits per heavy atom. The summed E-state index contributed by atoms with van der Waals surface area (Å²) in [6.45, 7) is 2.52. The van der Waals surface area contributed by atoms with Gasteiger partial charge in [0.05, 0.1) is 0 Å². The Morgan fingerprint density at radius 3 is 0.896 bits per heavy atom. The van der Waals surface area contributed by atoms with Crippen LogP contribution in [0.25, 0.3) is 0 Å². The molecular formula is C28H12B4F16. The van der Waals surface area contributed by atoms with Gasteiger partial charge in [-0.2, -0.15) is 8.78 Å². The van der Waals surface area contributed by atoms with Gasteiger partial charge in [0.25, 0.3) is 0 Å². The van der Waals surface area contributed by atoms with E-state index in [1.165, 1.54) is 0 Å². The third-order valence-corrected chi connectivity index (χ3v) is 6.29. The van der Waals surface area contributed by atoms with Crippen LogP contribution < -0.4 is 32.8 Å². The molecule has 0 unspecified atom stereocenters. The van der Waals surface area contributed by atoms with Gasteiger partial charge < -0.3 is 0 Å². The maximum absolute atomic E-state index is 14.1. The Labute approximate surface area is 264 Å². The van der Waals surface area contributed by atoms with Gasteiger partial charge in [-0.15, -0.1) is 0 Å². The van der Waals surface area contributed by atoms with Gasteiger partial charge >= 0.3 is 6.08 Å². The average Bonchev–Trinajstić information content (AvgIpc) is 3.05. The fourth-order valence-corrected chi connectivity index (χ4v) is 4.21. The fourth-order valence-electron chi connectivity index (χ4n) is 4.21. The first-order valence-electron chi connectivity index (χ1n) is 12.4. The largest absolute Gasteiger partial charge is 0.321 e. The van der Waals surface area contributed by atoms with Crippen LogP contribution >= 0.6 is 0 Å². The molecule has 0 atom stereocenters. The molecule has 4 rings (SSSR count). The molecule has 0 nitrogen and oxygen atoms in total. The van der Waals surface area contributed by atoms with Crippen molar-refractivity contribution in [2.45, 2.75) is 27.5 Å². The second-order valence-corrected chi connectivity index (χ2v) is 9.45. The summed E-state index contributed by atoms with van der Waals surface area (Å²) in [5.74, 6) is -22.8. The Hall–Kier alpha value is -4.34. The van der Waals surface area contributed by atoms with E-state index in [0.717, 1.165) is 19.2 Å². The van der Waals surface area contributed by atoms with Crippen molar-refractivity contribution < 1.29 is 70.6 Å². The van der Waals surface area contributed by atoms with Crippen LogP contribution in [0.2, 0.25) is 13.6 Å². The zero-order chi connectivity index (χ0) is 37.5. The minimum atomic E-state index is -2.11. The van der Waals surface area contributed by atoms with Gasteiger partial charge in [0.2, 0.25) is 13.4 Å². The monoisotopic (exact) mass is 696 g/mol. The summed E-state index contributed by atoms with van der Waals surface area (Å²) in [5, 5.41) is 0. The molecule has 0 fully saturated rings. The van der Waals surface area contributed by atoms with Crippen molar-refractivity contribution in [2.24, 2.45) is 0 Å². The predicted octanol–water partition coefficient (Wildman–Crippen LogP) is 5.06. The van der Waals surface area contributed by atoms with Crippen molar-refractivity contribution >= 4 is 61.9 Å². The third-order valence-electron chi connectivity index (χ3n) is 6.29. The summed E-state index contributed by atoms with van der Waals surface area (Å²) in [6, 6.07) is 0. The van der Waals surface area contributed by atoms with Crippen molar-refractivity contribution in [1.82, 2.24) is 0 Å². The van der Waals surface area contributed by atoms with Crippen LogP contribution in [0.5, 0.6) is 0 Å². The van der Waals surface area contributed by atoms with Gasteiger partial charge in [0, 0.05) is 14.9 Å². The fraction of sp³-hybridized carbons (Fsp3) is 0.143. The Balaban J connectivity index is 0.000000402. The molecule has 1 aliphatic rings. The van der Waals surface area contributed by atoms with Crippen LogP contribution in [-0.4, -0.2) is 29.1 Å². The molecule has 0 saturated heterocycles. The van der Waals surface area contributed by atoms with Crippen LogP contribution in [-0.2, 0) is 0 Å². The van der Waals surface area contributed by atoms with Gasteiger partial charge in [0.1, 0.15) is 15.7 Å². The molecule has 20 heteroatoms. The van der Waals surface area contributed by atoms with Crippen molar-refractivity contribution in [2.75, 3.05) is 0 Å². The van der Waals surface area contributed by atoms with Crippen LogP contribution in [0, 0.1) is 69.8 Å². The van der Waals surface area contributed by atoms with E-state index in [0.29, 0.717) is 0 Å². The summed E-state index contributed by atoms with van der Waals surface area (Å²) in [4.78, 5) is 0. The first kappa shape index (κ1) is 41.7. The van der Waals surface area contributed by atoms with Crippen LogP contribution in [0.1, 0.15) is 13.8 Å². The highest BCUT2D eigenvalue weighted by molar-refractivity contribution is 7.02. The number of hydrogen-bond donors (Lipinski definition) is 0. The van der Waals surface area contributed by atoms with Gasteiger partial charge in [0.15, 0.2) is 69.8 Å². The highest BCUT2D eigenvalue weighted by Gasteiger charge is 2.44. The molecule has 1 aliphatic heterocycles. The SMILES string of the molecule is CB1c2c(F)c(F)c(F)c(F)c2B(C)c2c(F)c(F)c(F)c(F)c21.CC(C)=C=C=C=C=C(F)F.FF.[B]c1c([B])c(F)c(F)c(F)c1F. The lowest BCUT2D eigenvalue weighted by molar-refractivity contribution is 0.108. The lowest BCUT2D eigenvalue weighted by atomic mass is 9.25. The molecule has 0 aliphatic carbocycles. The molecule has 48 heavy (non-hydrogen) atoms. The van der Waals surface area contributed by atoms with E-state index in [1.807, 2.05) is 5.73 Å². The van der Waals surface area contributed by atoms with Crippen molar-refractivity contribution in [3.63, 3.8) is 0 Å². The Bertz CT molecular complexity index is 1630. The molecule has 0 aromatic heterocycles. The topological polar surface area (TPSA) is 0 Å². The van der Waals surface area contributed by atoms with Gasteiger partial charge in [-0.1, -0.05) is 30.3 Å². The molecule has 248 valence electrons.